The number of aryl methyl sites for hydroxylation is 1. The molecule has 0 spiro atoms. The molecule has 0 amide bonds. The molecule has 244 valence electrons. The van der Waals surface area contributed by atoms with E-state index in [1.165, 1.54) is 12.7 Å². The van der Waals surface area contributed by atoms with Crippen molar-refractivity contribution in [3.8, 4) is 0 Å². The van der Waals surface area contributed by atoms with Gasteiger partial charge in [-0.05, 0) is 86.3 Å². The second-order valence-corrected chi connectivity index (χ2v) is 25.0. The van der Waals surface area contributed by atoms with E-state index in [9.17, 15) is 9.90 Å². The Labute approximate surface area is 265 Å². The number of carbonyl (C=O) groups is 1. The fourth-order valence-electron chi connectivity index (χ4n) is 5.16. The van der Waals surface area contributed by atoms with Gasteiger partial charge < -0.3 is 18.7 Å². The highest BCUT2D eigenvalue weighted by Gasteiger charge is 2.47. The van der Waals surface area contributed by atoms with Crippen LogP contribution < -0.4 is 0 Å². The number of ether oxygens (including phenoxy) is 1. The number of hydrogen-bond acceptors (Lipinski definition) is 5. The predicted octanol–water partition coefficient (Wildman–Crippen LogP) is 9.24. The van der Waals surface area contributed by atoms with Crippen molar-refractivity contribution >= 4 is 22.6 Å². The third kappa shape index (κ3) is 11.7. The molecule has 0 bridgehead atoms. The number of carbonyl (C=O) groups excluding carboxylic acids is 1. The van der Waals surface area contributed by atoms with Crippen LogP contribution in [0.2, 0.25) is 36.3 Å². The summed E-state index contributed by atoms with van der Waals surface area (Å²) in [6, 6.07) is 10.7. The van der Waals surface area contributed by atoms with Gasteiger partial charge in [0.1, 0.15) is 0 Å². The molecule has 1 N–H and O–H groups in total. The Balaban J connectivity index is 2.32. The average molecular weight is 631 g/mol. The molecule has 0 aliphatic heterocycles. The summed E-state index contributed by atoms with van der Waals surface area (Å²) in [4.78, 5) is 11.5. The highest BCUT2D eigenvalue weighted by atomic mass is 28.4. The van der Waals surface area contributed by atoms with Crippen molar-refractivity contribution in [2.45, 2.75) is 141 Å². The molecule has 0 aromatic heterocycles. The Morgan fingerprint density at radius 1 is 1.00 bits per heavy atom. The summed E-state index contributed by atoms with van der Waals surface area (Å²) in [6.07, 6.45) is 13.8. The minimum Gasteiger partial charge on any atom is -0.469 e. The molecule has 1 aromatic carbocycles. The van der Waals surface area contributed by atoms with Crippen molar-refractivity contribution < 1.29 is 23.5 Å². The van der Waals surface area contributed by atoms with Gasteiger partial charge in [-0.25, -0.2) is 0 Å². The van der Waals surface area contributed by atoms with Crippen LogP contribution in [0.4, 0.5) is 0 Å². The van der Waals surface area contributed by atoms with Gasteiger partial charge in [0, 0.05) is 12.3 Å². The van der Waals surface area contributed by atoms with Crippen LogP contribution in [0.1, 0.15) is 85.6 Å². The molecule has 1 aromatic rings. The van der Waals surface area contributed by atoms with E-state index in [2.05, 4.69) is 122 Å². The first-order chi connectivity index (χ1) is 19.9. The number of esters is 1. The molecule has 2 rings (SSSR count). The summed E-state index contributed by atoms with van der Waals surface area (Å²) < 4.78 is 18.7. The molecule has 7 heteroatoms. The molecule has 0 radical (unpaired) electrons. The first kappa shape index (κ1) is 37.7. The third-order valence-corrected chi connectivity index (χ3v) is 19.1. The number of allylic oxidation sites excluding steroid dienone is 2. The van der Waals surface area contributed by atoms with Crippen LogP contribution in [0, 0.1) is 11.8 Å². The Hall–Kier alpha value is -1.52. The molecule has 43 heavy (non-hydrogen) atoms. The number of aliphatic hydroxyl groups excluding tert-OH is 1. The first-order valence-electron chi connectivity index (χ1n) is 16.4. The topological polar surface area (TPSA) is 65.0 Å². The lowest BCUT2D eigenvalue weighted by Gasteiger charge is -2.40. The van der Waals surface area contributed by atoms with Gasteiger partial charge in [-0.1, -0.05) is 96.2 Å². The van der Waals surface area contributed by atoms with Gasteiger partial charge in [-0.2, -0.15) is 0 Å². The van der Waals surface area contributed by atoms with Crippen molar-refractivity contribution in [3.05, 3.63) is 60.2 Å². The lowest BCUT2D eigenvalue weighted by Crippen LogP contribution is -2.45. The molecule has 0 heterocycles. The van der Waals surface area contributed by atoms with Crippen molar-refractivity contribution in [3.63, 3.8) is 0 Å². The third-order valence-electron chi connectivity index (χ3n) is 10.1. The molecule has 5 atom stereocenters. The predicted molar refractivity (Wildman–Crippen MR) is 185 cm³/mol. The zero-order valence-electron chi connectivity index (χ0n) is 29.1. The van der Waals surface area contributed by atoms with E-state index >= 15 is 0 Å². The maximum Gasteiger partial charge on any atom is 0.305 e. The zero-order chi connectivity index (χ0) is 32.5. The highest BCUT2D eigenvalue weighted by molar-refractivity contribution is 6.74. The number of hydrogen-bond donors (Lipinski definition) is 1. The van der Waals surface area contributed by atoms with E-state index in [0.717, 1.165) is 32.1 Å². The largest absolute Gasteiger partial charge is 0.469 e. The molecule has 1 aliphatic carbocycles. The van der Waals surface area contributed by atoms with Crippen molar-refractivity contribution in [1.82, 2.24) is 0 Å². The van der Waals surface area contributed by atoms with Crippen LogP contribution in [-0.4, -0.2) is 53.1 Å². The van der Waals surface area contributed by atoms with Crippen LogP contribution in [0.15, 0.2) is 54.6 Å². The summed E-state index contributed by atoms with van der Waals surface area (Å²) in [6.45, 7) is 23.0. The first-order valence-corrected chi connectivity index (χ1v) is 22.2. The average Bonchev–Trinajstić information content (AvgIpc) is 3.19. The summed E-state index contributed by atoms with van der Waals surface area (Å²) >= 11 is 0. The Kier molecular flexibility index (Phi) is 14.2. The second-order valence-electron chi connectivity index (χ2n) is 15.5. The Bertz CT molecular complexity index is 1040. The van der Waals surface area contributed by atoms with Crippen molar-refractivity contribution in [2.24, 2.45) is 11.8 Å². The fourth-order valence-corrected chi connectivity index (χ4v) is 7.83. The monoisotopic (exact) mass is 630 g/mol. The van der Waals surface area contributed by atoms with Gasteiger partial charge in [-0.3, -0.25) is 4.79 Å². The van der Waals surface area contributed by atoms with Crippen molar-refractivity contribution in [2.75, 3.05) is 7.11 Å². The van der Waals surface area contributed by atoms with E-state index in [1.807, 2.05) is 0 Å². The molecular weight excluding hydrogens is 569 g/mol. The molecule has 1 saturated carbocycles. The molecular formula is C36H62O5Si2. The molecule has 1 aliphatic rings. The molecule has 0 saturated heterocycles. The molecule has 1 fully saturated rings. The van der Waals surface area contributed by atoms with Gasteiger partial charge >= 0.3 is 5.97 Å². The summed E-state index contributed by atoms with van der Waals surface area (Å²) in [5.74, 6) is 0.00813. The lowest BCUT2D eigenvalue weighted by molar-refractivity contribution is -0.140. The highest BCUT2D eigenvalue weighted by Crippen LogP contribution is 2.44. The SMILES string of the molecule is COC(=O)CCC/C=C\C[C@@H]1[C@@H](/C=C/[C@H](CCc2ccccc2)O[Si](C)(C)C(C)(C)C)[C@H](O[Si](C)(C)C(C)(C)C)C[C@@H]1O. The fraction of sp³-hybridized carbons (Fsp3) is 0.694. The van der Waals surface area contributed by atoms with Crippen LogP contribution in [0.25, 0.3) is 0 Å². The summed E-state index contributed by atoms with van der Waals surface area (Å²) in [7, 11) is -2.62. The number of methoxy groups -OCH3 is 1. The van der Waals surface area contributed by atoms with Crippen LogP contribution in [0.3, 0.4) is 0 Å². The lowest BCUT2D eigenvalue weighted by atomic mass is 9.89. The van der Waals surface area contributed by atoms with E-state index in [4.69, 9.17) is 13.6 Å². The maximum absolute atomic E-state index is 11.5. The minimum atomic E-state index is -2.04. The van der Waals surface area contributed by atoms with Gasteiger partial charge in [0.15, 0.2) is 16.6 Å². The van der Waals surface area contributed by atoms with E-state index < -0.39 is 22.7 Å². The maximum atomic E-state index is 11.5. The number of aliphatic hydroxyl groups is 1. The standard InChI is InChI=1S/C36H62O5Si2/c1-35(2,3)42(8,9)40-29(24-23-28-19-15-14-16-20-28)25-26-31-30(21-17-12-13-18-22-34(38)39-7)32(37)27-33(31)41-43(10,11)36(4,5)6/h12,14-17,19-20,25-26,29-33,37H,13,18,21-24,27H2,1-11H3/b17-12-,26-25+/t29-,30+,31+,32-,33+/m0/s1. The van der Waals surface area contributed by atoms with Gasteiger partial charge in [0.2, 0.25) is 0 Å². The van der Waals surface area contributed by atoms with E-state index in [1.54, 1.807) is 0 Å². The van der Waals surface area contributed by atoms with Crippen molar-refractivity contribution in [1.29, 1.82) is 0 Å². The van der Waals surface area contributed by atoms with E-state index in [0.29, 0.717) is 12.8 Å². The normalized spacial score (nSPS) is 22.9. The minimum absolute atomic E-state index is 0.00174. The van der Waals surface area contributed by atoms with Crippen LogP contribution >= 0.6 is 0 Å². The summed E-state index contributed by atoms with van der Waals surface area (Å²) in [5, 5.41) is 11.5. The van der Waals surface area contributed by atoms with Gasteiger partial charge in [-0.15, -0.1) is 0 Å². The Morgan fingerprint density at radius 2 is 1.63 bits per heavy atom. The zero-order valence-corrected chi connectivity index (χ0v) is 31.1. The molecule has 0 unspecified atom stereocenters. The van der Waals surface area contributed by atoms with Crippen LogP contribution in [0.5, 0.6) is 0 Å². The Morgan fingerprint density at radius 3 is 2.21 bits per heavy atom. The second kappa shape index (κ2) is 16.2. The van der Waals surface area contributed by atoms with Crippen LogP contribution in [-0.2, 0) is 24.8 Å². The van der Waals surface area contributed by atoms with E-state index in [-0.39, 0.29) is 40.1 Å². The number of unbranched alkanes of at least 4 members (excludes halogenated alkanes) is 1. The number of benzene rings is 1. The van der Waals surface area contributed by atoms with Gasteiger partial charge in [0.05, 0.1) is 25.4 Å². The number of rotatable bonds is 15. The summed E-state index contributed by atoms with van der Waals surface area (Å²) in [5.41, 5.74) is 1.32. The molecule has 5 nitrogen and oxygen atoms in total. The van der Waals surface area contributed by atoms with Gasteiger partial charge in [0.25, 0.3) is 0 Å². The quantitative estimate of drug-likeness (QED) is 0.0906. The smallest absolute Gasteiger partial charge is 0.305 e.